The Balaban J connectivity index is 1.89. The number of hydrogen-bond donors (Lipinski definition) is 2. The summed E-state index contributed by atoms with van der Waals surface area (Å²) >= 11 is 0. The molecule has 0 heterocycles. The largest absolute Gasteiger partial charge is 0.497 e. The zero-order chi connectivity index (χ0) is 21.9. The molecule has 3 rings (SSSR count). The second-order valence-electron chi connectivity index (χ2n) is 7.15. The zero-order valence-corrected chi connectivity index (χ0v) is 18.1. The molecule has 2 N–H and O–H groups in total. The highest BCUT2D eigenvalue weighted by molar-refractivity contribution is 7.92. The van der Waals surface area contributed by atoms with Crippen LogP contribution in [0.5, 0.6) is 5.75 Å². The SMILES string of the molecule is COc1cccc(NC(=O)c2ccc(C)c(S(=O)(=O)Nc3cc(C)cc(C)c3)c2)c1. The molecule has 0 fully saturated rings. The molecule has 0 aliphatic rings. The smallest absolute Gasteiger partial charge is 0.262 e. The van der Waals surface area contributed by atoms with E-state index in [1.165, 1.54) is 6.07 Å². The van der Waals surface area contributed by atoms with E-state index in [-0.39, 0.29) is 10.5 Å². The van der Waals surface area contributed by atoms with Crippen molar-refractivity contribution in [1.29, 1.82) is 0 Å². The predicted molar refractivity (Wildman–Crippen MR) is 119 cm³/mol. The first kappa shape index (κ1) is 21.4. The summed E-state index contributed by atoms with van der Waals surface area (Å²) in [6.45, 7) is 5.50. The number of carbonyl (C=O) groups is 1. The Morgan fingerprint density at radius 2 is 1.57 bits per heavy atom. The summed E-state index contributed by atoms with van der Waals surface area (Å²) in [7, 11) is -2.32. The van der Waals surface area contributed by atoms with E-state index in [2.05, 4.69) is 10.0 Å². The first-order valence-corrected chi connectivity index (χ1v) is 10.8. The molecule has 0 aromatic heterocycles. The number of benzene rings is 3. The van der Waals surface area contributed by atoms with E-state index in [0.29, 0.717) is 22.7 Å². The van der Waals surface area contributed by atoms with Gasteiger partial charge in [0.2, 0.25) is 0 Å². The number of rotatable bonds is 6. The lowest BCUT2D eigenvalue weighted by molar-refractivity contribution is 0.102. The van der Waals surface area contributed by atoms with Gasteiger partial charge in [0.25, 0.3) is 15.9 Å². The molecule has 0 spiro atoms. The zero-order valence-electron chi connectivity index (χ0n) is 17.3. The number of sulfonamides is 1. The van der Waals surface area contributed by atoms with Crippen molar-refractivity contribution in [3.05, 3.63) is 82.9 Å². The third-order valence-corrected chi connectivity index (χ3v) is 6.06. The van der Waals surface area contributed by atoms with E-state index in [1.54, 1.807) is 62.6 Å². The maximum atomic E-state index is 13.0. The number of hydrogen-bond acceptors (Lipinski definition) is 4. The fourth-order valence-electron chi connectivity index (χ4n) is 3.18. The van der Waals surface area contributed by atoms with Crippen LogP contribution in [0.1, 0.15) is 27.0 Å². The van der Waals surface area contributed by atoms with Gasteiger partial charge in [0.05, 0.1) is 12.0 Å². The molecule has 0 atom stereocenters. The van der Waals surface area contributed by atoms with Crippen molar-refractivity contribution in [3.8, 4) is 5.75 Å². The Hall–Kier alpha value is -3.32. The number of anilines is 2. The molecule has 6 nitrogen and oxygen atoms in total. The molecule has 3 aromatic rings. The molecule has 156 valence electrons. The van der Waals surface area contributed by atoms with Crippen molar-refractivity contribution in [3.63, 3.8) is 0 Å². The predicted octanol–water partition coefficient (Wildman–Crippen LogP) is 4.67. The van der Waals surface area contributed by atoms with Gasteiger partial charge in [-0.1, -0.05) is 18.2 Å². The second-order valence-corrected chi connectivity index (χ2v) is 8.80. The van der Waals surface area contributed by atoms with Gasteiger partial charge >= 0.3 is 0 Å². The monoisotopic (exact) mass is 424 g/mol. The molecular weight excluding hydrogens is 400 g/mol. The van der Waals surface area contributed by atoms with Crippen molar-refractivity contribution in [2.75, 3.05) is 17.1 Å². The van der Waals surface area contributed by atoms with Crippen LogP contribution in [0.3, 0.4) is 0 Å². The van der Waals surface area contributed by atoms with E-state index in [9.17, 15) is 13.2 Å². The summed E-state index contributed by atoms with van der Waals surface area (Å²) in [5, 5.41) is 2.76. The Labute approximate surface area is 177 Å². The van der Waals surface area contributed by atoms with Crippen LogP contribution < -0.4 is 14.8 Å². The minimum absolute atomic E-state index is 0.0555. The van der Waals surface area contributed by atoms with Crippen LogP contribution in [-0.2, 0) is 10.0 Å². The first-order valence-electron chi connectivity index (χ1n) is 9.35. The summed E-state index contributed by atoms with van der Waals surface area (Å²) in [4.78, 5) is 12.7. The van der Waals surface area contributed by atoms with Gasteiger partial charge in [0.1, 0.15) is 5.75 Å². The molecule has 3 aromatic carbocycles. The lowest BCUT2D eigenvalue weighted by Crippen LogP contribution is -2.17. The first-order chi connectivity index (χ1) is 14.2. The molecule has 0 bridgehead atoms. The van der Waals surface area contributed by atoms with Crippen molar-refractivity contribution in [2.45, 2.75) is 25.7 Å². The molecule has 0 aliphatic heterocycles. The number of carbonyl (C=O) groups excluding carboxylic acids is 1. The summed E-state index contributed by atoms with van der Waals surface area (Å²) in [5.41, 5.74) is 3.73. The molecule has 0 saturated heterocycles. The molecule has 0 radical (unpaired) electrons. The number of amides is 1. The minimum atomic E-state index is -3.87. The van der Waals surface area contributed by atoms with Crippen LogP contribution in [0, 0.1) is 20.8 Å². The lowest BCUT2D eigenvalue weighted by atomic mass is 10.1. The normalized spacial score (nSPS) is 11.1. The molecule has 1 amide bonds. The van der Waals surface area contributed by atoms with Gasteiger partial charge in [0.15, 0.2) is 0 Å². The third kappa shape index (κ3) is 4.99. The van der Waals surface area contributed by atoms with Crippen molar-refractivity contribution >= 4 is 27.3 Å². The van der Waals surface area contributed by atoms with Crippen LogP contribution in [0.2, 0.25) is 0 Å². The van der Waals surface area contributed by atoms with Gasteiger partial charge < -0.3 is 10.1 Å². The maximum absolute atomic E-state index is 13.0. The molecule has 0 aliphatic carbocycles. The van der Waals surface area contributed by atoms with Gasteiger partial charge in [-0.2, -0.15) is 0 Å². The number of methoxy groups -OCH3 is 1. The van der Waals surface area contributed by atoms with E-state index in [0.717, 1.165) is 11.1 Å². The maximum Gasteiger partial charge on any atom is 0.262 e. The van der Waals surface area contributed by atoms with Gasteiger partial charge in [-0.15, -0.1) is 0 Å². The summed E-state index contributed by atoms with van der Waals surface area (Å²) in [5.74, 6) is 0.198. The van der Waals surface area contributed by atoms with Gasteiger partial charge in [0, 0.05) is 23.0 Å². The molecule has 7 heteroatoms. The van der Waals surface area contributed by atoms with Crippen LogP contribution >= 0.6 is 0 Å². The highest BCUT2D eigenvalue weighted by Gasteiger charge is 2.20. The molecule has 30 heavy (non-hydrogen) atoms. The Morgan fingerprint density at radius 1 is 0.867 bits per heavy atom. The number of ether oxygens (including phenoxy) is 1. The highest BCUT2D eigenvalue weighted by atomic mass is 32.2. The van der Waals surface area contributed by atoms with E-state index in [4.69, 9.17) is 4.74 Å². The summed E-state index contributed by atoms with van der Waals surface area (Å²) in [6.07, 6.45) is 0. The fraction of sp³-hybridized carbons (Fsp3) is 0.174. The third-order valence-electron chi connectivity index (χ3n) is 4.54. The van der Waals surface area contributed by atoms with Gasteiger partial charge in [-0.25, -0.2) is 8.42 Å². The number of nitrogens with one attached hydrogen (secondary N) is 2. The van der Waals surface area contributed by atoms with Crippen molar-refractivity contribution in [2.24, 2.45) is 0 Å². The average Bonchev–Trinajstić information content (AvgIpc) is 2.67. The van der Waals surface area contributed by atoms with Gasteiger partial charge in [-0.05, 0) is 73.9 Å². The Morgan fingerprint density at radius 3 is 2.23 bits per heavy atom. The molecule has 0 unspecified atom stereocenters. The standard InChI is InChI=1S/C23H24N2O4S/c1-15-10-16(2)12-20(11-15)25-30(27,28)22-13-18(9-8-17(22)3)23(26)24-19-6-5-7-21(14-19)29-4/h5-14,25H,1-4H3,(H,24,26). The van der Waals surface area contributed by atoms with E-state index < -0.39 is 15.9 Å². The van der Waals surface area contributed by atoms with Crippen LogP contribution in [-0.4, -0.2) is 21.4 Å². The fourth-order valence-corrected chi connectivity index (χ4v) is 4.49. The second kappa shape index (κ2) is 8.59. The topological polar surface area (TPSA) is 84.5 Å². The molecular formula is C23H24N2O4S. The Kier molecular flexibility index (Phi) is 6.12. The van der Waals surface area contributed by atoms with E-state index >= 15 is 0 Å². The van der Waals surface area contributed by atoms with Crippen LogP contribution in [0.15, 0.2) is 65.6 Å². The molecule has 0 saturated carbocycles. The van der Waals surface area contributed by atoms with Gasteiger partial charge in [-0.3, -0.25) is 9.52 Å². The minimum Gasteiger partial charge on any atom is -0.497 e. The van der Waals surface area contributed by atoms with Crippen LogP contribution in [0.25, 0.3) is 0 Å². The van der Waals surface area contributed by atoms with E-state index in [1.807, 2.05) is 19.9 Å². The van der Waals surface area contributed by atoms with Crippen molar-refractivity contribution < 1.29 is 17.9 Å². The van der Waals surface area contributed by atoms with Crippen LogP contribution in [0.4, 0.5) is 11.4 Å². The summed E-state index contributed by atoms with van der Waals surface area (Å²) < 4.78 is 33.8. The number of aryl methyl sites for hydroxylation is 3. The van der Waals surface area contributed by atoms with Crippen molar-refractivity contribution in [1.82, 2.24) is 0 Å². The highest BCUT2D eigenvalue weighted by Crippen LogP contribution is 2.23. The average molecular weight is 425 g/mol. The quantitative estimate of drug-likeness (QED) is 0.602. The Bertz CT molecular complexity index is 1180. The lowest BCUT2D eigenvalue weighted by Gasteiger charge is -2.13. The summed E-state index contributed by atoms with van der Waals surface area (Å²) in [6, 6.07) is 17.0.